The molecule has 0 bridgehead atoms. The number of allylic oxidation sites excluding steroid dienone is 1. The van der Waals surface area contributed by atoms with Crippen molar-refractivity contribution in [3.63, 3.8) is 0 Å². The Bertz CT molecular complexity index is 572. The molecule has 101 valence electrons. The van der Waals surface area contributed by atoms with Crippen molar-refractivity contribution >= 4 is 11.5 Å². The molecule has 0 spiro atoms. The number of rotatable bonds is 3. The molecule has 0 aliphatic carbocycles. The molecule has 0 saturated heterocycles. The van der Waals surface area contributed by atoms with E-state index in [-0.39, 0.29) is 51.7 Å². The summed E-state index contributed by atoms with van der Waals surface area (Å²) in [5.74, 6) is -0.241. The van der Waals surface area contributed by atoms with E-state index in [9.17, 15) is 9.90 Å². The summed E-state index contributed by atoms with van der Waals surface area (Å²) in [5.41, 5.74) is 2.27. The van der Waals surface area contributed by atoms with Crippen LogP contribution in [0.25, 0.3) is 5.76 Å². The molecule has 20 heavy (non-hydrogen) atoms. The SMILES string of the molecule is Cc1ccc(C(=O)/C=C(\O)c2cc[c-]cc2)cc1.[CH3-].[Y]. The number of hydrogen-bond donors (Lipinski definition) is 1. The molecule has 0 aliphatic rings. The molecule has 0 saturated carbocycles. The van der Waals surface area contributed by atoms with Gasteiger partial charge >= 0.3 is 0 Å². The predicted molar refractivity (Wildman–Crippen MR) is 77.8 cm³/mol. The molecule has 0 fully saturated rings. The first-order valence-corrected chi connectivity index (χ1v) is 5.65. The van der Waals surface area contributed by atoms with E-state index in [2.05, 4.69) is 6.07 Å². The molecule has 1 radical (unpaired) electrons. The quantitative estimate of drug-likeness (QED) is 0.396. The van der Waals surface area contributed by atoms with Crippen LogP contribution in [-0.4, -0.2) is 10.9 Å². The molecule has 3 heteroatoms. The third-order valence-electron chi connectivity index (χ3n) is 2.62. The Morgan fingerprint density at radius 3 is 2.15 bits per heavy atom. The van der Waals surface area contributed by atoms with Gasteiger partial charge < -0.3 is 12.5 Å². The molecule has 2 aromatic rings. The summed E-state index contributed by atoms with van der Waals surface area (Å²) in [4.78, 5) is 11.9. The number of carbonyl (C=O) groups is 1. The smallest absolute Gasteiger partial charge is 0.189 e. The maximum atomic E-state index is 11.9. The molecule has 1 N–H and O–H groups in total. The minimum Gasteiger partial charge on any atom is -0.509 e. The van der Waals surface area contributed by atoms with Gasteiger partial charge in [-0.2, -0.15) is 30.3 Å². The average Bonchev–Trinajstić information content (AvgIpc) is 2.40. The summed E-state index contributed by atoms with van der Waals surface area (Å²) in [7, 11) is 0. The average molecular weight is 341 g/mol. The Morgan fingerprint density at radius 2 is 1.60 bits per heavy atom. The van der Waals surface area contributed by atoms with Gasteiger partial charge in [0, 0.05) is 44.3 Å². The zero-order valence-electron chi connectivity index (χ0n) is 11.6. The summed E-state index contributed by atoms with van der Waals surface area (Å²) in [6.45, 7) is 1.96. The fourth-order valence-corrected chi connectivity index (χ4v) is 1.57. The van der Waals surface area contributed by atoms with Crippen molar-refractivity contribution in [1.29, 1.82) is 0 Å². The van der Waals surface area contributed by atoms with Crippen molar-refractivity contribution in [2.75, 3.05) is 0 Å². The van der Waals surface area contributed by atoms with Crippen LogP contribution < -0.4 is 0 Å². The van der Waals surface area contributed by atoms with Gasteiger partial charge in [0.25, 0.3) is 0 Å². The van der Waals surface area contributed by atoms with Crippen LogP contribution in [0.4, 0.5) is 0 Å². The largest absolute Gasteiger partial charge is 0.509 e. The van der Waals surface area contributed by atoms with Gasteiger partial charge in [-0.3, -0.25) is 4.79 Å². The third-order valence-corrected chi connectivity index (χ3v) is 2.62. The Kier molecular flexibility index (Phi) is 8.28. The van der Waals surface area contributed by atoms with Crippen molar-refractivity contribution in [3.05, 3.63) is 84.8 Å². The number of aliphatic hydroxyl groups excluding tert-OH is 1. The Balaban J connectivity index is 0.00000180. The third kappa shape index (κ3) is 5.03. The second-order valence-electron chi connectivity index (χ2n) is 4.05. The fourth-order valence-electron chi connectivity index (χ4n) is 1.57. The monoisotopic (exact) mass is 341 g/mol. The number of carbonyl (C=O) groups excluding carboxylic acids is 1. The van der Waals surface area contributed by atoms with Gasteiger partial charge in [-0.15, -0.1) is 0 Å². The van der Waals surface area contributed by atoms with Gasteiger partial charge in [0.05, 0.1) is 0 Å². The van der Waals surface area contributed by atoms with Gasteiger partial charge in [0.2, 0.25) is 0 Å². The maximum absolute atomic E-state index is 11.9. The van der Waals surface area contributed by atoms with E-state index in [0.717, 1.165) is 5.56 Å². The zero-order chi connectivity index (χ0) is 13.0. The van der Waals surface area contributed by atoms with Crippen LogP contribution in [-0.2, 0) is 32.7 Å². The van der Waals surface area contributed by atoms with E-state index in [1.54, 1.807) is 36.4 Å². The van der Waals surface area contributed by atoms with Gasteiger partial charge in [-0.1, -0.05) is 35.4 Å². The van der Waals surface area contributed by atoms with E-state index in [1.165, 1.54) is 6.08 Å². The first-order valence-electron chi connectivity index (χ1n) is 5.65. The van der Waals surface area contributed by atoms with Gasteiger partial charge in [0.1, 0.15) is 5.76 Å². The van der Waals surface area contributed by atoms with Crippen LogP contribution in [0.2, 0.25) is 0 Å². The van der Waals surface area contributed by atoms with Crippen molar-refractivity contribution in [3.8, 4) is 0 Å². The number of hydrogen-bond acceptors (Lipinski definition) is 2. The molecular formula is C17H16O2Y-2. The molecule has 0 atom stereocenters. The second-order valence-corrected chi connectivity index (χ2v) is 4.05. The van der Waals surface area contributed by atoms with Crippen LogP contribution in [0.15, 0.2) is 54.6 Å². The molecule has 2 rings (SSSR count). The van der Waals surface area contributed by atoms with E-state index in [0.29, 0.717) is 11.1 Å². The summed E-state index contributed by atoms with van der Waals surface area (Å²) in [5, 5.41) is 9.83. The number of benzene rings is 2. The number of aliphatic hydroxyl groups is 1. The minimum absolute atomic E-state index is 0. The van der Waals surface area contributed by atoms with E-state index >= 15 is 0 Å². The number of ketones is 1. The van der Waals surface area contributed by atoms with Crippen LogP contribution in [0, 0.1) is 20.4 Å². The van der Waals surface area contributed by atoms with Crippen LogP contribution in [0.1, 0.15) is 21.5 Å². The van der Waals surface area contributed by atoms with Gasteiger partial charge in [-0.05, 0) is 6.92 Å². The zero-order valence-corrected chi connectivity index (χ0v) is 14.5. The minimum atomic E-state index is -0.208. The summed E-state index contributed by atoms with van der Waals surface area (Å²) in [6.07, 6.45) is 1.24. The Hall–Kier alpha value is -1.25. The van der Waals surface area contributed by atoms with Gasteiger partial charge in [-0.25, -0.2) is 0 Å². The summed E-state index contributed by atoms with van der Waals surface area (Å²) >= 11 is 0. The molecule has 0 unspecified atom stereocenters. The second kappa shape index (κ2) is 8.83. The predicted octanol–water partition coefficient (Wildman–Crippen LogP) is 4.02. The molecule has 2 aromatic carbocycles. The maximum Gasteiger partial charge on any atom is 0.189 e. The molecule has 0 heterocycles. The normalized spacial score (nSPS) is 10.2. The Morgan fingerprint density at radius 1 is 1.05 bits per heavy atom. The van der Waals surface area contributed by atoms with Crippen molar-refractivity contribution in [1.82, 2.24) is 0 Å². The fraction of sp³-hybridized carbons (Fsp3) is 0.0588. The molecular weight excluding hydrogens is 325 g/mol. The van der Waals surface area contributed by atoms with Crippen LogP contribution in [0.5, 0.6) is 0 Å². The van der Waals surface area contributed by atoms with Gasteiger partial charge in [0.15, 0.2) is 5.78 Å². The first kappa shape index (κ1) is 18.8. The summed E-state index contributed by atoms with van der Waals surface area (Å²) in [6, 6.07) is 16.9. The van der Waals surface area contributed by atoms with Crippen molar-refractivity contribution in [2.45, 2.75) is 6.92 Å². The molecule has 0 aliphatic heterocycles. The summed E-state index contributed by atoms with van der Waals surface area (Å²) < 4.78 is 0. The topological polar surface area (TPSA) is 37.3 Å². The van der Waals surface area contributed by atoms with E-state index < -0.39 is 0 Å². The molecule has 0 aromatic heterocycles. The first-order chi connectivity index (χ1) is 8.66. The Labute approximate surface area is 145 Å². The van der Waals surface area contributed by atoms with Crippen molar-refractivity contribution in [2.24, 2.45) is 0 Å². The number of aryl methyl sites for hydroxylation is 1. The van der Waals surface area contributed by atoms with E-state index in [1.807, 2.05) is 19.1 Å². The standard InChI is InChI=1S/C16H13O2.CH3.Y/c1-12-7-9-14(10-8-12)16(18)11-15(17)13-5-3-2-4-6-13;;/h3-11,17H,1H3;1H3;/q2*-1;/b15-11-;;. The van der Waals surface area contributed by atoms with Crippen molar-refractivity contribution < 1.29 is 42.6 Å². The molecule has 2 nitrogen and oxygen atoms in total. The molecule has 0 amide bonds. The van der Waals surface area contributed by atoms with E-state index in [4.69, 9.17) is 0 Å². The van der Waals surface area contributed by atoms with Crippen LogP contribution >= 0.6 is 0 Å². The van der Waals surface area contributed by atoms with Crippen LogP contribution in [0.3, 0.4) is 0 Å².